The topological polar surface area (TPSA) is 59.5 Å². The number of carbonyl (C=O) groups is 2. The van der Waals surface area contributed by atoms with Gasteiger partial charge in [0.2, 0.25) is 0 Å². The van der Waals surface area contributed by atoms with Crippen LogP contribution in [0.1, 0.15) is 29.8 Å². The van der Waals surface area contributed by atoms with E-state index in [2.05, 4.69) is 4.98 Å². The Balaban J connectivity index is 2.21. The van der Waals surface area contributed by atoms with Crippen LogP contribution in [0.2, 0.25) is 0 Å². The van der Waals surface area contributed by atoms with Gasteiger partial charge in [0, 0.05) is 6.54 Å². The highest BCUT2D eigenvalue weighted by Crippen LogP contribution is 2.24. The Kier molecular flexibility index (Phi) is 3.92. The molecule has 1 aromatic rings. The van der Waals surface area contributed by atoms with Crippen LogP contribution >= 0.6 is 0 Å². The molecule has 1 aliphatic rings. The first-order valence-electron chi connectivity index (χ1n) is 6.02. The number of hydrogen-bond acceptors (Lipinski definition) is 5. The third-order valence-electron chi connectivity index (χ3n) is 3.20. The van der Waals surface area contributed by atoms with Crippen LogP contribution in [0, 0.1) is 0 Å². The third kappa shape index (κ3) is 2.50. The normalized spacial score (nSPS) is 19.4. The predicted molar refractivity (Wildman–Crippen MR) is 66.6 cm³/mol. The SMILES string of the molecule is COC(=O)C1CCCCN1c1ccc(C=O)nc1. The van der Waals surface area contributed by atoms with Crippen molar-refractivity contribution in [2.45, 2.75) is 25.3 Å². The number of anilines is 1. The molecule has 1 aliphatic heterocycles. The molecule has 5 heteroatoms. The second-order valence-electron chi connectivity index (χ2n) is 4.29. The largest absolute Gasteiger partial charge is 0.467 e. The fourth-order valence-corrected chi connectivity index (χ4v) is 2.26. The standard InChI is InChI=1S/C13H16N2O3/c1-18-13(17)12-4-2-3-7-15(12)11-6-5-10(9-16)14-8-11/h5-6,8-9,12H,2-4,7H2,1H3. The molecule has 1 atom stereocenters. The summed E-state index contributed by atoms with van der Waals surface area (Å²) in [5, 5.41) is 0. The Hall–Kier alpha value is -1.91. The molecule has 2 rings (SSSR count). The summed E-state index contributed by atoms with van der Waals surface area (Å²) < 4.78 is 4.83. The van der Waals surface area contributed by atoms with Gasteiger partial charge in [-0.3, -0.25) is 9.78 Å². The van der Waals surface area contributed by atoms with Crippen molar-refractivity contribution in [2.24, 2.45) is 0 Å². The van der Waals surface area contributed by atoms with Gasteiger partial charge in [-0.15, -0.1) is 0 Å². The summed E-state index contributed by atoms with van der Waals surface area (Å²) in [5.41, 5.74) is 1.25. The first-order chi connectivity index (χ1) is 8.76. The predicted octanol–water partition coefficient (Wildman–Crippen LogP) is 1.43. The number of carbonyl (C=O) groups excluding carboxylic acids is 2. The highest BCUT2D eigenvalue weighted by molar-refractivity contribution is 5.80. The zero-order valence-electron chi connectivity index (χ0n) is 10.3. The van der Waals surface area contributed by atoms with E-state index < -0.39 is 0 Å². The molecule has 0 aromatic carbocycles. The molecule has 0 saturated carbocycles. The van der Waals surface area contributed by atoms with Gasteiger partial charge < -0.3 is 9.64 Å². The quantitative estimate of drug-likeness (QED) is 0.598. The van der Waals surface area contributed by atoms with E-state index in [1.165, 1.54) is 7.11 Å². The van der Waals surface area contributed by atoms with E-state index >= 15 is 0 Å². The molecular weight excluding hydrogens is 232 g/mol. The van der Waals surface area contributed by atoms with Gasteiger partial charge in [0.15, 0.2) is 6.29 Å². The monoisotopic (exact) mass is 248 g/mol. The maximum atomic E-state index is 11.7. The van der Waals surface area contributed by atoms with E-state index in [9.17, 15) is 9.59 Å². The van der Waals surface area contributed by atoms with Crippen LogP contribution in [0.3, 0.4) is 0 Å². The van der Waals surface area contributed by atoms with Crippen molar-refractivity contribution < 1.29 is 14.3 Å². The van der Waals surface area contributed by atoms with Crippen molar-refractivity contribution in [3.8, 4) is 0 Å². The average molecular weight is 248 g/mol. The molecule has 0 bridgehead atoms. The van der Waals surface area contributed by atoms with Crippen LogP contribution in [0.5, 0.6) is 0 Å². The number of nitrogens with zero attached hydrogens (tertiary/aromatic N) is 2. The Labute approximate surface area is 106 Å². The Morgan fingerprint density at radius 3 is 2.94 bits per heavy atom. The van der Waals surface area contributed by atoms with Crippen molar-refractivity contribution in [3.63, 3.8) is 0 Å². The van der Waals surface area contributed by atoms with E-state index in [0.29, 0.717) is 12.0 Å². The molecule has 1 fully saturated rings. The first-order valence-corrected chi connectivity index (χ1v) is 6.02. The molecule has 18 heavy (non-hydrogen) atoms. The van der Waals surface area contributed by atoms with E-state index in [1.807, 2.05) is 11.0 Å². The highest BCUT2D eigenvalue weighted by atomic mass is 16.5. The highest BCUT2D eigenvalue weighted by Gasteiger charge is 2.29. The second kappa shape index (κ2) is 5.62. The van der Waals surface area contributed by atoms with Gasteiger partial charge in [-0.05, 0) is 31.4 Å². The van der Waals surface area contributed by atoms with Gasteiger partial charge in [-0.2, -0.15) is 0 Å². The Morgan fingerprint density at radius 2 is 2.33 bits per heavy atom. The molecule has 5 nitrogen and oxygen atoms in total. The molecule has 96 valence electrons. The minimum absolute atomic E-state index is 0.214. The van der Waals surface area contributed by atoms with E-state index in [0.717, 1.165) is 31.5 Å². The zero-order chi connectivity index (χ0) is 13.0. The van der Waals surface area contributed by atoms with Crippen LogP contribution in [0.15, 0.2) is 18.3 Å². The number of rotatable bonds is 3. The molecule has 1 aromatic heterocycles. The molecule has 1 unspecified atom stereocenters. The van der Waals surface area contributed by atoms with E-state index in [-0.39, 0.29) is 12.0 Å². The summed E-state index contributed by atoms with van der Waals surface area (Å²) in [6.07, 6.45) is 5.20. The number of ether oxygens (including phenoxy) is 1. The number of aldehydes is 1. The number of aromatic nitrogens is 1. The Morgan fingerprint density at radius 1 is 1.50 bits per heavy atom. The molecule has 0 N–H and O–H groups in total. The van der Waals surface area contributed by atoms with Crippen molar-refractivity contribution in [1.29, 1.82) is 0 Å². The maximum absolute atomic E-state index is 11.7. The van der Waals surface area contributed by atoms with Crippen molar-refractivity contribution in [3.05, 3.63) is 24.0 Å². The van der Waals surface area contributed by atoms with Gasteiger partial charge in [0.25, 0.3) is 0 Å². The van der Waals surface area contributed by atoms with Gasteiger partial charge in [-0.1, -0.05) is 0 Å². The lowest BCUT2D eigenvalue weighted by atomic mass is 10.0. The fraction of sp³-hybridized carbons (Fsp3) is 0.462. The summed E-state index contributed by atoms with van der Waals surface area (Å²) in [5.74, 6) is -0.214. The first kappa shape index (κ1) is 12.5. The summed E-state index contributed by atoms with van der Waals surface area (Å²) >= 11 is 0. The zero-order valence-corrected chi connectivity index (χ0v) is 10.3. The lowest BCUT2D eigenvalue weighted by molar-refractivity contribution is -0.142. The summed E-state index contributed by atoms with van der Waals surface area (Å²) in [7, 11) is 1.41. The molecule has 0 spiro atoms. The summed E-state index contributed by atoms with van der Waals surface area (Å²) in [4.78, 5) is 28.3. The van der Waals surface area contributed by atoms with Gasteiger partial charge in [0.1, 0.15) is 11.7 Å². The maximum Gasteiger partial charge on any atom is 0.328 e. The summed E-state index contributed by atoms with van der Waals surface area (Å²) in [6.45, 7) is 0.807. The molecular formula is C13H16N2O3. The molecule has 0 aliphatic carbocycles. The van der Waals surface area contributed by atoms with E-state index in [1.54, 1.807) is 12.3 Å². The fourth-order valence-electron chi connectivity index (χ4n) is 2.26. The van der Waals surface area contributed by atoms with Crippen LogP contribution in [-0.4, -0.2) is 36.9 Å². The minimum Gasteiger partial charge on any atom is -0.467 e. The van der Waals surface area contributed by atoms with E-state index in [4.69, 9.17) is 4.74 Å². The van der Waals surface area contributed by atoms with Gasteiger partial charge in [0.05, 0.1) is 19.0 Å². The second-order valence-corrected chi connectivity index (χ2v) is 4.29. The van der Waals surface area contributed by atoms with Crippen molar-refractivity contribution in [1.82, 2.24) is 4.98 Å². The smallest absolute Gasteiger partial charge is 0.328 e. The Bertz CT molecular complexity index is 430. The lowest BCUT2D eigenvalue weighted by Crippen LogP contribution is -2.45. The minimum atomic E-state index is -0.243. The number of pyridine rings is 1. The van der Waals surface area contributed by atoms with Crippen molar-refractivity contribution >= 4 is 17.9 Å². The average Bonchev–Trinajstić information content (AvgIpc) is 2.46. The van der Waals surface area contributed by atoms with Gasteiger partial charge in [-0.25, -0.2) is 4.79 Å². The third-order valence-corrected chi connectivity index (χ3v) is 3.20. The molecule has 1 saturated heterocycles. The number of hydrogen-bond donors (Lipinski definition) is 0. The lowest BCUT2D eigenvalue weighted by Gasteiger charge is -2.35. The van der Waals surface area contributed by atoms with Crippen LogP contribution < -0.4 is 4.90 Å². The van der Waals surface area contributed by atoms with Crippen LogP contribution in [-0.2, 0) is 9.53 Å². The van der Waals surface area contributed by atoms with Gasteiger partial charge >= 0.3 is 5.97 Å². The molecule has 0 radical (unpaired) electrons. The van der Waals surface area contributed by atoms with Crippen molar-refractivity contribution in [2.75, 3.05) is 18.6 Å². The summed E-state index contributed by atoms with van der Waals surface area (Å²) in [6, 6.07) is 3.23. The van der Waals surface area contributed by atoms with Crippen LogP contribution in [0.25, 0.3) is 0 Å². The number of piperidine rings is 1. The number of methoxy groups -OCH3 is 1. The van der Waals surface area contributed by atoms with Crippen LogP contribution in [0.4, 0.5) is 5.69 Å². The molecule has 2 heterocycles. The number of esters is 1. The molecule has 0 amide bonds.